The van der Waals surface area contributed by atoms with Gasteiger partial charge < -0.3 is 4.42 Å². The lowest BCUT2D eigenvalue weighted by Crippen LogP contribution is -1.91. The van der Waals surface area contributed by atoms with Gasteiger partial charge in [-0.1, -0.05) is 0 Å². The molecular weight excluding hydrogens is 204 g/mol. The van der Waals surface area contributed by atoms with Gasteiger partial charge >= 0.3 is 0 Å². The van der Waals surface area contributed by atoms with Crippen LogP contribution < -0.4 is 0 Å². The quantitative estimate of drug-likeness (QED) is 0.563. The summed E-state index contributed by atoms with van der Waals surface area (Å²) < 4.78 is 31.3. The van der Waals surface area contributed by atoms with E-state index in [4.69, 9.17) is 4.42 Å². The molecule has 0 saturated carbocycles. The van der Waals surface area contributed by atoms with Crippen molar-refractivity contribution in [2.75, 3.05) is 0 Å². The molecule has 0 N–H and O–H groups in total. The molecule has 15 heavy (non-hydrogen) atoms. The van der Waals surface area contributed by atoms with Crippen LogP contribution in [0.1, 0.15) is 5.56 Å². The second kappa shape index (κ2) is 3.63. The van der Waals surface area contributed by atoms with Crippen LogP contribution in [0.3, 0.4) is 0 Å². The Labute approximate surface area is 83.0 Å². The van der Waals surface area contributed by atoms with Gasteiger partial charge in [0.25, 0.3) is 0 Å². The van der Waals surface area contributed by atoms with Gasteiger partial charge in [0, 0.05) is 17.0 Å². The largest absolute Gasteiger partial charge is 0.461 e. The fourth-order valence-corrected chi connectivity index (χ4v) is 1.40. The number of hydrogen-bond acceptors (Lipinski definition) is 3. The zero-order valence-electron chi connectivity index (χ0n) is 7.46. The van der Waals surface area contributed by atoms with Gasteiger partial charge in [0.15, 0.2) is 11.4 Å². The summed E-state index contributed by atoms with van der Waals surface area (Å²) in [6, 6.07) is 2.14. The van der Waals surface area contributed by atoms with Gasteiger partial charge in [-0.3, -0.25) is 0 Å². The number of rotatable bonds is 2. The van der Waals surface area contributed by atoms with Crippen molar-refractivity contribution in [3.63, 3.8) is 0 Å². The van der Waals surface area contributed by atoms with Crippen LogP contribution in [0.25, 0.3) is 11.0 Å². The molecule has 3 nitrogen and oxygen atoms in total. The topological polar surface area (TPSA) is 42.6 Å². The molecule has 0 fully saturated rings. The van der Waals surface area contributed by atoms with E-state index < -0.39 is 11.6 Å². The molecular formula is C10H5F2NO2. The highest BCUT2D eigenvalue weighted by molar-refractivity contribution is 5.81. The van der Waals surface area contributed by atoms with E-state index in [-0.39, 0.29) is 23.1 Å². The van der Waals surface area contributed by atoms with Crippen molar-refractivity contribution in [1.82, 2.24) is 0 Å². The molecule has 5 heteroatoms. The van der Waals surface area contributed by atoms with E-state index in [9.17, 15) is 13.6 Å². The number of isocyanates is 1. The van der Waals surface area contributed by atoms with E-state index in [2.05, 4.69) is 4.99 Å². The Morgan fingerprint density at radius 1 is 1.40 bits per heavy atom. The van der Waals surface area contributed by atoms with Gasteiger partial charge in [0.1, 0.15) is 5.82 Å². The number of furan rings is 1. The van der Waals surface area contributed by atoms with Gasteiger partial charge in [0.2, 0.25) is 6.08 Å². The summed E-state index contributed by atoms with van der Waals surface area (Å²) >= 11 is 0. The average molecular weight is 209 g/mol. The summed E-state index contributed by atoms with van der Waals surface area (Å²) in [7, 11) is 0. The van der Waals surface area contributed by atoms with Gasteiger partial charge in [-0.05, 0) is 6.07 Å². The number of aliphatic imine (C=N–C) groups is 1. The summed E-state index contributed by atoms with van der Waals surface area (Å²) in [6.45, 7) is -0.175. The van der Waals surface area contributed by atoms with Gasteiger partial charge in [-0.2, -0.15) is 0 Å². The van der Waals surface area contributed by atoms with Gasteiger partial charge in [-0.25, -0.2) is 18.6 Å². The van der Waals surface area contributed by atoms with E-state index in [1.54, 1.807) is 0 Å². The Bertz CT molecular complexity index is 556. The molecule has 76 valence electrons. The molecule has 1 aromatic heterocycles. The summed E-state index contributed by atoms with van der Waals surface area (Å²) in [5.41, 5.74) is 0.0935. The maximum atomic E-state index is 13.3. The minimum Gasteiger partial charge on any atom is -0.461 e. The molecule has 0 atom stereocenters. The molecule has 0 bridgehead atoms. The third-order valence-electron chi connectivity index (χ3n) is 2.05. The number of halogens is 2. The first-order chi connectivity index (χ1) is 7.24. The fraction of sp³-hybridized carbons (Fsp3) is 0.100. The molecule has 1 heterocycles. The molecule has 0 aliphatic rings. The van der Waals surface area contributed by atoms with Crippen molar-refractivity contribution >= 4 is 17.0 Å². The third kappa shape index (κ3) is 1.53. The summed E-state index contributed by atoms with van der Waals surface area (Å²) in [5.74, 6) is -1.52. The molecule has 0 amide bonds. The lowest BCUT2D eigenvalue weighted by molar-refractivity contribution is 0.542. The third-order valence-corrected chi connectivity index (χ3v) is 2.05. The predicted molar refractivity (Wildman–Crippen MR) is 48.0 cm³/mol. The Morgan fingerprint density at radius 2 is 2.20 bits per heavy atom. The summed E-state index contributed by atoms with van der Waals surface area (Å²) in [6.07, 6.45) is 2.55. The van der Waals surface area contributed by atoms with E-state index in [1.165, 1.54) is 18.4 Å². The maximum absolute atomic E-state index is 13.3. The molecule has 0 aliphatic heterocycles. The Morgan fingerprint density at radius 3 is 2.93 bits per heavy atom. The number of hydrogen-bond donors (Lipinski definition) is 0. The number of fused-ring (bicyclic) bond motifs is 1. The predicted octanol–water partition coefficient (Wildman–Crippen LogP) is 2.55. The normalized spacial score (nSPS) is 10.3. The van der Waals surface area contributed by atoms with Crippen LogP contribution in [-0.4, -0.2) is 6.08 Å². The average Bonchev–Trinajstić information content (AvgIpc) is 2.66. The Balaban J connectivity index is 2.70. The molecule has 0 spiro atoms. The molecule has 1 aromatic carbocycles. The van der Waals surface area contributed by atoms with Crippen LogP contribution in [0, 0.1) is 11.6 Å². The molecule has 2 rings (SSSR count). The molecule has 0 unspecified atom stereocenters. The monoisotopic (exact) mass is 209 g/mol. The van der Waals surface area contributed by atoms with E-state index in [0.29, 0.717) is 6.07 Å². The summed E-state index contributed by atoms with van der Waals surface area (Å²) in [4.78, 5) is 13.2. The van der Waals surface area contributed by atoms with Crippen LogP contribution in [0.5, 0.6) is 0 Å². The van der Waals surface area contributed by atoms with Crippen molar-refractivity contribution in [2.24, 2.45) is 4.99 Å². The standard InChI is InChI=1S/C10H5F2NO2/c11-8-3-9(12)10-6(1-2-15-10)7(8)4-13-5-14/h1-3H,4H2. The van der Waals surface area contributed by atoms with Gasteiger partial charge in [-0.15, -0.1) is 0 Å². The highest BCUT2D eigenvalue weighted by atomic mass is 19.1. The van der Waals surface area contributed by atoms with Crippen LogP contribution >= 0.6 is 0 Å². The molecule has 0 saturated heterocycles. The van der Waals surface area contributed by atoms with Crippen molar-refractivity contribution in [3.05, 3.63) is 35.6 Å². The Kier molecular flexibility index (Phi) is 2.31. The van der Waals surface area contributed by atoms with Crippen molar-refractivity contribution in [3.8, 4) is 0 Å². The second-order valence-corrected chi connectivity index (χ2v) is 2.89. The van der Waals surface area contributed by atoms with Crippen molar-refractivity contribution in [1.29, 1.82) is 0 Å². The first-order valence-corrected chi connectivity index (χ1v) is 4.11. The van der Waals surface area contributed by atoms with Crippen LogP contribution in [0.4, 0.5) is 8.78 Å². The number of nitrogens with zero attached hydrogens (tertiary/aromatic N) is 1. The van der Waals surface area contributed by atoms with Crippen LogP contribution in [0.2, 0.25) is 0 Å². The number of benzene rings is 1. The van der Waals surface area contributed by atoms with E-state index in [0.717, 1.165) is 0 Å². The first-order valence-electron chi connectivity index (χ1n) is 4.11. The SMILES string of the molecule is O=C=NCc1c(F)cc(F)c2occc12. The number of carbonyl (C=O) groups excluding carboxylic acids is 1. The highest BCUT2D eigenvalue weighted by Gasteiger charge is 2.14. The van der Waals surface area contributed by atoms with Crippen LogP contribution in [0.15, 0.2) is 27.8 Å². The fourth-order valence-electron chi connectivity index (χ4n) is 1.40. The minimum atomic E-state index is -0.772. The van der Waals surface area contributed by atoms with Crippen LogP contribution in [-0.2, 0) is 11.3 Å². The van der Waals surface area contributed by atoms with E-state index in [1.807, 2.05) is 0 Å². The molecule has 0 radical (unpaired) electrons. The van der Waals surface area contributed by atoms with Crippen molar-refractivity contribution in [2.45, 2.75) is 6.54 Å². The molecule has 2 aromatic rings. The first kappa shape index (κ1) is 9.55. The lowest BCUT2D eigenvalue weighted by atomic mass is 10.1. The highest BCUT2D eigenvalue weighted by Crippen LogP contribution is 2.26. The summed E-state index contributed by atoms with van der Waals surface area (Å²) in [5, 5.41) is 0.284. The zero-order chi connectivity index (χ0) is 10.8. The Hall–Kier alpha value is -2.00. The molecule has 0 aliphatic carbocycles. The van der Waals surface area contributed by atoms with E-state index >= 15 is 0 Å². The smallest absolute Gasteiger partial charge is 0.235 e. The second-order valence-electron chi connectivity index (χ2n) is 2.89. The lowest BCUT2D eigenvalue weighted by Gasteiger charge is -2.00. The maximum Gasteiger partial charge on any atom is 0.235 e. The van der Waals surface area contributed by atoms with Crippen molar-refractivity contribution < 1.29 is 18.0 Å². The van der Waals surface area contributed by atoms with Gasteiger partial charge in [0.05, 0.1) is 12.8 Å². The zero-order valence-corrected chi connectivity index (χ0v) is 7.46. The minimum absolute atomic E-state index is 0.0347.